The molecule has 0 amide bonds. The van der Waals surface area contributed by atoms with E-state index < -0.39 is 6.85 Å². The molecule has 0 aliphatic rings. The van der Waals surface area contributed by atoms with Gasteiger partial charge in [-0.3, -0.25) is 4.98 Å². The molecule has 11 rings (SSSR count). The molecule has 0 saturated heterocycles. The number of hydrogen-bond donors (Lipinski definition) is 0. The van der Waals surface area contributed by atoms with E-state index in [0.29, 0.717) is 11.1 Å². The molecule has 301 valence electrons. The molecule has 7 aromatic carbocycles. The quantitative estimate of drug-likeness (QED) is 0.156. The van der Waals surface area contributed by atoms with Gasteiger partial charge in [0.25, 0.3) is 0 Å². The summed E-state index contributed by atoms with van der Waals surface area (Å²) in [6, 6.07) is 56.4. The monoisotopic (exact) mass is 973 g/mol. The Bertz CT molecular complexity index is 3460. The van der Waals surface area contributed by atoms with Crippen LogP contribution in [0, 0.1) is 19.0 Å². The molecule has 4 heterocycles. The van der Waals surface area contributed by atoms with E-state index in [1.54, 1.807) is 12.3 Å². The molecule has 0 unspecified atom stereocenters. The molecule has 6 heteroatoms. The van der Waals surface area contributed by atoms with Gasteiger partial charge in [-0.15, -0.1) is 47.5 Å². The van der Waals surface area contributed by atoms with Gasteiger partial charge in [-0.1, -0.05) is 142 Å². The summed E-state index contributed by atoms with van der Waals surface area (Å²) in [5.74, 6) is 1.28. The summed E-state index contributed by atoms with van der Waals surface area (Å²) in [4.78, 5) is 9.55. The second kappa shape index (κ2) is 16.5. The van der Waals surface area contributed by atoms with Crippen molar-refractivity contribution in [2.24, 2.45) is 0 Å². The van der Waals surface area contributed by atoms with E-state index in [9.17, 15) is 0 Å². The summed E-state index contributed by atoms with van der Waals surface area (Å²) in [5.41, 5.74) is 13.3. The summed E-state index contributed by atoms with van der Waals surface area (Å²) in [5, 5.41) is 4.46. The number of nitrogens with zero attached hydrogens (tertiary/aromatic N) is 3. The number of para-hydroxylation sites is 4. The Morgan fingerprint density at radius 1 is 0.656 bits per heavy atom. The fourth-order valence-corrected chi connectivity index (χ4v) is 8.42. The number of aromatic nitrogens is 3. The number of fused-ring (bicyclic) bond motifs is 7. The van der Waals surface area contributed by atoms with Crippen molar-refractivity contribution in [2.45, 2.75) is 46.4 Å². The second-order valence-corrected chi connectivity index (χ2v) is 15.7. The van der Waals surface area contributed by atoms with Gasteiger partial charge >= 0.3 is 0 Å². The van der Waals surface area contributed by atoms with Crippen LogP contribution in [0.4, 0.5) is 0 Å². The standard InChI is InChI=1S/C37H29N2O2.C18H14N.Ir/c1-21(2)27-20-28-24-13-6-10-19-32(24)41-36(28)33(22(3)4)34(27)39-30-17-8-7-16-29(30)38-37(39)26-15-11-14-25-23-12-5-9-18-31(23)40-35(25)26;1-14-10-11-16(18-9-5-6-12-19-18)13-17(14)15-7-3-2-4-8-15;/h5-14,16-22H,1-4H3;2-10,12-13H,1H3;/q2*-1;/i;1D3;. The van der Waals surface area contributed by atoms with Gasteiger partial charge in [-0.05, 0) is 65.1 Å². The minimum absolute atomic E-state index is 0. The summed E-state index contributed by atoms with van der Waals surface area (Å²) >= 11 is 0. The van der Waals surface area contributed by atoms with Crippen LogP contribution in [0.3, 0.4) is 0 Å². The van der Waals surface area contributed by atoms with Gasteiger partial charge < -0.3 is 18.4 Å². The topological polar surface area (TPSA) is 57.0 Å². The van der Waals surface area contributed by atoms with Crippen LogP contribution in [0.1, 0.15) is 60.3 Å². The maximum Gasteiger partial charge on any atom is 0.140 e. The molecule has 0 atom stereocenters. The number of imidazole rings is 1. The summed E-state index contributed by atoms with van der Waals surface area (Å²) in [6.45, 7) is 6.86. The zero-order chi connectivity index (χ0) is 43.4. The zero-order valence-electron chi connectivity index (χ0n) is 37.2. The van der Waals surface area contributed by atoms with Gasteiger partial charge in [0.1, 0.15) is 16.7 Å². The van der Waals surface area contributed by atoms with Gasteiger partial charge in [0, 0.05) is 57.8 Å². The summed E-state index contributed by atoms with van der Waals surface area (Å²) in [6.07, 6.45) is 1.71. The number of benzene rings is 7. The Labute approximate surface area is 373 Å². The molecule has 0 fully saturated rings. The van der Waals surface area contributed by atoms with Crippen LogP contribution in [0.15, 0.2) is 167 Å². The van der Waals surface area contributed by atoms with Crippen LogP contribution in [0.5, 0.6) is 0 Å². The second-order valence-electron chi connectivity index (χ2n) is 15.7. The molecule has 61 heavy (non-hydrogen) atoms. The summed E-state index contributed by atoms with van der Waals surface area (Å²) < 4.78 is 38.6. The van der Waals surface area contributed by atoms with Gasteiger partial charge in [-0.25, -0.2) is 0 Å². The van der Waals surface area contributed by atoms with Gasteiger partial charge in [0.05, 0.1) is 22.4 Å². The van der Waals surface area contributed by atoms with Crippen LogP contribution in [0.2, 0.25) is 0 Å². The van der Waals surface area contributed by atoms with E-state index in [2.05, 4.69) is 110 Å². The fourth-order valence-electron chi connectivity index (χ4n) is 8.42. The van der Waals surface area contributed by atoms with Crippen molar-refractivity contribution < 1.29 is 33.1 Å². The third-order valence-corrected chi connectivity index (χ3v) is 11.2. The molecule has 5 nitrogen and oxygen atoms in total. The van der Waals surface area contributed by atoms with Crippen molar-refractivity contribution in [3.05, 3.63) is 187 Å². The Morgan fingerprint density at radius 3 is 2.07 bits per heavy atom. The molecule has 0 N–H and O–H groups in total. The smallest absolute Gasteiger partial charge is 0.140 e. The maximum absolute atomic E-state index is 7.74. The Balaban J connectivity index is 0.000000191. The molecular weight excluding hydrogens is 927 g/mol. The predicted octanol–water partition coefficient (Wildman–Crippen LogP) is 15.1. The van der Waals surface area contributed by atoms with E-state index in [1.807, 2.05) is 84.9 Å². The van der Waals surface area contributed by atoms with E-state index in [-0.39, 0.29) is 31.9 Å². The average molecular weight is 973 g/mol. The molecule has 0 aliphatic heterocycles. The molecule has 4 aromatic heterocycles. The predicted molar refractivity (Wildman–Crippen MR) is 247 cm³/mol. The first-order chi connectivity index (χ1) is 30.6. The van der Waals surface area contributed by atoms with Crippen molar-refractivity contribution >= 4 is 54.9 Å². The number of aryl methyl sites for hydroxylation is 1. The van der Waals surface area contributed by atoms with Crippen LogP contribution < -0.4 is 0 Å². The average Bonchev–Trinajstić information content (AvgIpc) is 4.00. The van der Waals surface area contributed by atoms with Crippen molar-refractivity contribution in [3.63, 3.8) is 0 Å². The largest absolute Gasteiger partial charge is 0.501 e. The Kier molecular flexibility index (Phi) is 9.79. The first-order valence-electron chi connectivity index (χ1n) is 21.9. The zero-order valence-corrected chi connectivity index (χ0v) is 36.6. The Hall–Kier alpha value is -6.59. The van der Waals surface area contributed by atoms with Crippen molar-refractivity contribution in [2.75, 3.05) is 0 Å². The summed E-state index contributed by atoms with van der Waals surface area (Å²) in [7, 11) is 0. The third kappa shape index (κ3) is 7.06. The minimum atomic E-state index is -2.18. The number of furan rings is 2. The molecular formula is C55H43IrN3O2-2. The number of rotatable bonds is 6. The molecule has 11 aromatic rings. The van der Waals surface area contributed by atoms with Crippen molar-refractivity contribution in [3.8, 4) is 39.5 Å². The van der Waals surface area contributed by atoms with Gasteiger partial charge in [0.2, 0.25) is 0 Å². The van der Waals surface area contributed by atoms with Crippen molar-refractivity contribution in [1.29, 1.82) is 0 Å². The van der Waals surface area contributed by atoms with E-state index in [0.717, 1.165) is 88.8 Å². The van der Waals surface area contributed by atoms with E-state index in [1.165, 1.54) is 11.1 Å². The molecule has 0 aliphatic carbocycles. The number of hydrogen-bond acceptors (Lipinski definition) is 4. The van der Waals surface area contributed by atoms with Crippen LogP contribution in [-0.4, -0.2) is 14.5 Å². The van der Waals surface area contributed by atoms with Gasteiger partial charge in [-0.2, -0.15) is 0 Å². The molecule has 0 saturated carbocycles. The SMILES string of the molecule is CC(C)c1cc2c(oc3ccccc32)c(C(C)C)c1-n1c(-c2[c-]ccc3c2oc2ccccc23)nc2ccccc21.[2H]C([2H])([2H])c1c[c-]c(-c2ccccn2)cc1-c1ccccc1.[Ir]. The first kappa shape index (κ1) is 36.3. The molecule has 0 spiro atoms. The van der Waals surface area contributed by atoms with Gasteiger partial charge in [0.15, 0.2) is 0 Å². The molecule has 1 radical (unpaired) electrons. The minimum Gasteiger partial charge on any atom is -0.501 e. The van der Waals surface area contributed by atoms with E-state index in [4.69, 9.17) is 17.9 Å². The Morgan fingerprint density at radius 2 is 1.34 bits per heavy atom. The third-order valence-electron chi connectivity index (χ3n) is 11.2. The van der Waals surface area contributed by atoms with E-state index >= 15 is 0 Å². The normalized spacial score (nSPS) is 12.5. The first-order valence-corrected chi connectivity index (χ1v) is 20.4. The fraction of sp³-hybridized carbons (Fsp3) is 0.127. The molecule has 0 bridgehead atoms. The van der Waals surface area contributed by atoms with Crippen LogP contribution in [-0.2, 0) is 20.1 Å². The number of pyridine rings is 1. The van der Waals surface area contributed by atoms with Crippen LogP contribution in [0.25, 0.3) is 94.4 Å². The maximum atomic E-state index is 7.74. The van der Waals surface area contributed by atoms with Crippen molar-refractivity contribution in [1.82, 2.24) is 14.5 Å². The van der Waals surface area contributed by atoms with Crippen LogP contribution >= 0.6 is 0 Å².